The van der Waals surface area contributed by atoms with Gasteiger partial charge in [0.05, 0.1) is 13.2 Å². The minimum atomic E-state index is -4.33. The van der Waals surface area contributed by atoms with Crippen LogP contribution in [-0.2, 0) is 9.53 Å². The summed E-state index contributed by atoms with van der Waals surface area (Å²) < 4.78 is 42.4. The molecule has 0 radical (unpaired) electrons. The Hall–Kier alpha value is -0.780. The quantitative estimate of drug-likeness (QED) is 0.791. The molecule has 0 spiro atoms. The van der Waals surface area contributed by atoms with E-state index in [4.69, 9.17) is 4.74 Å². The van der Waals surface area contributed by atoms with Crippen LogP contribution in [0.15, 0.2) is 0 Å². The largest absolute Gasteiger partial charge is 0.465 e. The molecule has 1 rings (SSSR count). The van der Waals surface area contributed by atoms with E-state index in [2.05, 4.69) is 5.32 Å². The third-order valence-electron chi connectivity index (χ3n) is 4.03. The summed E-state index contributed by atoms with van der Waals surface area (Å²) >= 11 is 0. The van der Waals surface area contributed by atoms with Crippen LogP contribution in [0.4, 0.5) is 13.2 Å². The maximum atomic E-state index is 12.5. The van der Waals surface area contributed by atoms with Gasteiger partial charge in [0.15, 0.2) is 0 Å². The molecule has 0 aliphatic heterocycles. The normalized spacial score (nSPS) is 27.6. The lowest BCUT2D eigenvalue weighted by Crippen LogP contribution is -2.58. The Bertz CT molecular complexity index is 331. The molecule has 0 bridgehead atoms. The molecule has 1 fully saturated rings. The molecule has 0 aromatic carbocycles. The van der Waals surface area contributed by atoms with Gasteiger partial charge in [0.2, 0.25) is 0 Å². The van der Waals surface area contributed by atoms with E-state index in [1.54, 1.807) is 6.92 Å². The Kier molecular flexibility index (Phi) is 5.86. The Labute approximate surface area is 118 Å². The zero-order valence-electron chi connectivity index (χ0n) is 12.3. The first-order chi connectivity index (χ1) is 9.20. The molecule has 0 saturated heterocycles. The number of hydrogen-bond donors (Lipinski definition) is 1. The average molecular weight is 295 g/mol. The number of carbonyl (C=O) groups excluding carboxylic acids is 1. The van der Waals surface area contributed by atoms with Gasteiger partial charge in [0.1, 0.15) is 5.54 Å². The molecule has 1 aliphatic carbocycles. The highest BCUT2D eigenvalue weighted by Gasteiger charge is 2.46. The lowest BCUT2D eigenvalue weighted by molar-refractivity contribution is -0.159. The molecule has 20 heavy (non-hydrogen) atoms. The summed E-state index contributed by atoms with van der Waals surface area (Å²) in [5.41, 5.74) is -1.18. The molecule has 1 saturated carbocycles. The number of esters is 1. The molecule has 1 N–H and O–H groups in total. The Morgan fingerprint density at radius 3 is 2.60 bits per heavy atom. The van der Waals surface area contributed by atoms with Crippen molar-refractivity contribution in [1.29, 1.82) is 0 Å². The second kappa shape index (κ2) is 6.78. The van der Waals surface area contributed by atoms with Crippen LogP contribution in [0.25, 0.3) is 0 Å². The van der Waals surface area contributed by atoms with Gasteiger partial charge in [-0.1, -0.05) is 26.7 Å². The fourth-order valence-electron chi connectivity index (χ4n) is 2.84. The van der Waals surface area contributed by atoms with Crippen LogP contribution in [0.2, 0.25) is 0 Å². The monoisotopic (exact) mass is 295 g/mol. The third kappa shape index (κ3) is 4.65. The minimum Gasteiger partial charge on any atom is -0.465 e. The van der Waals surface area contributed by atoms with Crippen LogP contribution >= 0.6 is 0 Å². The second-order valence-corrected chi connectivity index (χ2v) is 5.87. The fraction of sp³-hybridized carbons (Fsp3) is 0.929. The van der Waals surface area contributed by atoms with E-state index in [1.807, 2.05) is 13.8 Å². The van der Waals surface area contributed by atoms with Gasteiger partial charge >= 0.3 is 12.1 Å². The van der Waals surface area contributed by atoms with Gasteiger partial charge in [-0.2, -0.15) is 13.2 Å². The number of ether oxygens (including phenoxy) is 1. The molecule has 0 aromatic rings. The van der Waals surface area contributed by atoms with Crippen molar-refractivity contribution in [3.8, 4) is 0 Å². The molecular weight excluding hydrogens is 271 g/mol. The van der Waals surface area contributed by atoms with Gasteiger partial charge < -0.3 is 4.74 Å². The number of halogens is 3. The summed E-state index contributed by atoms with van der Waals surface area (Å²) in [7, 11) is 0. The van der Waals surface area contributed by atoms with Crippen molar-refractivity contribution in [1.82, 2.24) is 5.32 Å². The van der Waals surface area contributed by atoms with Crippen molar-refractivity contribution in [3.05, 3.63) is 0 Å². The van der Waals surface area contributed by atoms with Gasteiger partial charge in [0, 0.05) is 0 Å². The average Bonchev–Trinajstić information content (AvgIpc) is 2.36. The van der Waals surface area contributed by atoms with Crippen LogP contribution in [0.1, 0.15) is 46.5 Å². The molecule has 0 heterocycles. The predicted octanol–water partition coefficient (Wildman–Crippen LogP) is 3.29. The summed E-state index contributed by atoms with van der Waals surface area (Å²) in [6.45, 7) is 4.76. The summed E-state index contributed by atoms with van der Waals surface area (Å²) in [6.07, 6.45) is -1.81. The van der Waals surface area contributed by atoms with Crippen LogP contribution in [0.5, 0.6) is 0 Å². The van der Waals surface area contributed by atoms with E-state index in [0.29, 0.717) is 18.8 Å². The molecule has 118 valence electrons. The van der Waals surface area contributed by atoms with Gasteiger partial charge in [-0.15, -0.1) is 0 Å². The van der Waals surface area contributed by atoms with E-state index in [1.165, 1.54) is 0 Å². The van der Waals surface area contributed by atoms with Crippen molar-refractivity contribution >= 4 is 5.97 Å². The number of hydrogen-bond acceptors (Lipinski definition) is 3. The van der Waals surface area contributed by atoms with Gasteiger partial charge in [-0.3, -0.25) is 10.1 Å². The first-order valence-electron chi connectivity index (χ1n) is 7.19. The number of nitrogens with one attached hydrogen (secondary N) is 1. The Morgan fingerprint density at radius 1 is 1.45 bits per heavy atom. The molecule has 1 aliphatic rings. The fourth-order valence-corrected chi connectivity index (χ4v) is 2.84. The number of alkyl halides is 3. The summed E-state index contributed by atoms with van der Waals surface area (Å²) in [4.78, 5) is 12.2. The van der Waals surface area contributed by atoms with E-state index in [9.17, 15) is 18.0 Å². The second-order valence-electron chi connectivity index (χ2n) is 5.87. The standard InChI is InChI=1S/C14H24F3NO2/c1-4-20-12(19)13(18-9-14(15,16)17)7-5-6-11(8-13)10(2)3/h10-11,18H,4-9H2,1-3H3. The highest BCUT2D eigenvalue weighted by atomic mass is 19.4. The van der Waals surface area contributed by atoms with Crippen molar-refractivity contribution in [2.24, 2.45) is 11.8 Å². The maximum absolute atomic E-state index is 12.5. The summed E-state index contributed by atoms with van der Waals surface area (Å²) in [6, 6.07) is 0. The molecule has 6 heteroatoms. The zero-order chi connectivity index (χ0) is 15.4. The molecule has 0 aromatic heterocycles. The first-order valence-corrected chi connectivity index (χ1v) is 7.19. The van der Waals surface area contributed by atoms with Crippen molar-refractivity contribution in [3.63, 3.8) is 0 Å². The maximum Gasteiger partial charge on any atom is 0.401 e. The third-order valence-corrected chi connectivity index (χ3v) is 4.03. The summed E-state index contributed by atoms with van der Waals surface area (Å²) in [5, 5.41) is 2.44. The molecule has 2 atom stereocenters. The minimum absolute atomic E-state index is 0.181. The summed E-state index contributed by atoms with van der Waals surface area (Å²) in [5.74, 6) is 0.0419. The Balaban J connectivity index is 2.86. The van der Waals surface area contributed by atoms with Gasteiger partial charge in [-0.25, -0.2) is 0 Å². The van der Waals surface area contributed by atoms with E-state index < -0.39 is 24.2 Å². The lowest BCUT2D eigenvalue weighted by atomic mass is 9.71. The molecule has 2 unspecified atom stereocenters. The van der Waals surface area contributed by atoms with Crippen molar-refractivity contribution < 1.29 is 22.7 Å². The molecular formula is C14H24F3NO2. The predicted molar refractivity (Wildman–Crippen MR) is 70.2 cm³/mol. The van der Waals surface area contributed by atoms with Crippen molar-refractivity contribution in [2.75, 3.05) is 13.2 Å². The number of rotatable bonds is 5. The SMILES string of the molecule is CCOC(=O)C1(NCC(F)(F)F)CCCC(C(C)C)C1. The van der Waals surface area contributed by atoms with E-state index >= 15 is 0 Å². The topological polar surface area (TPSA) is 38.3 Å². The highest BCUT2D eigenvalue weighted by molar-refractivity contribution is 5.81. The van der Waals surface area contributed by atoms with Crippen LogP contribution in [0.3, 0.4) is 0 Å². The zero-order valence-corrected chi connectivity index (χ0v) is 12.3. The molecule has 3 nitrogen and oxygen atoms in total. The smallest absolute Gasteiger partial charge is 0.401 e. The van der Waals surface area contributed by atoms with Crippen molar-refractivity contribution in [2.45, 2.75) is 58.2 Å². The van der Waals surface area contributed by atoms with E-state index in [0.717, 1.165) is 12.8 Å². The lowest BCUT2D eigenvalue weighted by Gasteiger charge is -2.41. The number of carbonyl (C=O) groups is 1. The molecule has 0 amide bonds. The van der Waals surface area contributed by atoms with Gasteiger partial charge in [-0.05, 0) is 31.6 Å². The van der Waals surface area contributed by atoms with Crippen LogP contribution in [-0.4, -0.2) is 30.8 Å². The van der Waals surface area contributed by atoms with Crippen LogP contribution in [0, 0.1) is 11.8 Å². The highest BCUT2D eigenvalue weighted by Crippen LogP contribution is 2.37. The first kappa shape index (κ1) is 17.3. The Morgan fingerprint density at radius 2 is 2.10 bits per heavy atom. The van der Waals surface area contributed by atoms with Gasteiger partial charge in [0.25, 0.3) is 0 Å². The van der Waals surface area contributed by atoms with Crippen LogP contribution < -0.4 is 5.32 Å². The van der Waals surface area contributed by atoms with E-state index in [-0.39, 0.29) is 12.5 Å².